The Labute approximate surface area is 107 Å². The molecule has 17 heavy (non-hydrogen) atoms. The zero-order chi connectivity index (χ0) is 11.4. The fourth-order valence-electron chi connectivity index (χ4n) is 2.63. The number of halogens is 1. The van der Waals surface area contributed by atoms with Crippen molar-refractivity contribution in [2.45, 2.75) is 31.8 Å². The zero-order valence-electron chi connectivity index (χ0n) is 9.65. The molecule has 1 N–H and O–H groups in total. The normalized spacial score (nSPS) is 22.1. The largest absolute Gasteiger partial charge is 0.508 e. The summed E-state index contributed by atoms with van der Waals surface area (Å²) >= 11 is 0. The molecular weight excluding hydrogens is 246 g/mol. The molecule has 1 aliphatic carbocycles. The van der Waals surface area contributed by atoms with E-state index in [1.54, 1.807) is 0 Å². The van der Waals surface area contributed by atoms with Crippen molar-refractivity contribution in [3.8, 4) is 0 Å². The molecule has 1 saturated heterocycles. The Bertz CT molecular complexity index is 271. The summed E-state index contributed by atoms with van der Waals surface area (Å²) in [6, 6.07) is 0. The molecular formula is C11H18ClNO4. The molecule has 6 heteroatoms. The molecule has 0 amide bonds. The van der Waals surface area contributed by atoms with Crippen molar-refractivity contribution >= 4 is 24.8 Å². The summed E-state index contributed by atoms with van der Waals surface area (Å²) in [6.45, 7) is 1.89. The Kier molecular flexibility index (Phi) is 5.21. The molecule has 0 unspecified atom stereocenters. The van der Waals surface area contributed by atoms with Crippen molar-refractivity contribution in [2.75, 3.05) is 19.7 Å². The van der Waals surface area contributed by atoms with Gasteiger partial charge in [-0.2, -0.15) is 0 Å². The van der Waals surface area contributed by atoms with Gasteiger partial charge >= 0.3 is 6.16 Å². The van der Waals surface area contributed by atoms with Gasteiger partial charge in [-0.1, -0.05) is 0 Å². The Hall–Kier alpha value is -0.810. The zero-order valence-corrected chi connectivity index (χ0v) is 10.5. The van der Waals surface area contributed by atoms with Crippen molar-refractivity contribution in [2.24, 2.45) is 5.41 Å². The second kappa shape index (κ2) is 6.21. The second-order valence-electron chi connectivity index (χ2n) is 4.63. The predicted octanol–water partition coefficient (Wildman–Crippen LogP) is 1.29. The first-order valence-corrected chi connectivity index (χ1v) is 5.72. The van der Waals surface area contributed by atoms with E-state index in [4.69, 9.17) is 4.74 Å². The van der Waals surface area contributed by atoms with Crippen LogP contribution in [0.3, 0.4) is 0 Å². The molecule has 1 aliphatic heterocycles. The van der Waals surface area contributed by atoms with Gasteiger partial charge < -0.3 is 14.8 Å². The lowest BCUT2D eigenvalue weighted by Gasteiger charge is -2.49. The van der Waals surface area contributed by atoms with E-state index in [0.29, 0.717) is 11.7 Å². The Morgan fingerprint density at radius 1 is 1.35 bits per heavy atom. The number of carbonyl (C=O) groups excluding carboxylic acids is 2. The van der Waals surface area contributed by atoms with Crippen molar-refractivity contribution < 1.29 is 19.1 Å². The maximum absolute atomic E-state index is 11.1. The van der Waals surface area contributed by atoms with E-state index in [-0.39, 0.29) is 25.1 Å². The molecule has 1 saturated carbocycles. The summed E-state index contributed by atoms with van der Waals surface area (Å²) in [4.78, 5) is 21.0. The molecule has 2 rings (SSSR count). The Balaban J connectivity index is 0.00000144. The maximum atomic E-state index is 11.1. The van der Waals surface area contributed by atoms with E-state index in [1.165, 1.54) is 0 Å². The molecule has 0 radical (unpaired) electrons. The minimum Gasteiger partial charge on any atom is -0.431 e. The highest BCUT2D eigenvalue weighted by Gasteiger charge is 2.46. The van der Waals surface area contributed by atoms with Gasteiger partial charge in [0.15, 0.2) is 12.9 Å². The van der Waals surface area contributed by atoms with Crippen LogP contribution >= 0.6 is 12.4 Å². The Morgan fingerprint density at radius 3 is 2.59 bits per heavy atom. The number of piperidine rings is 1. The first kappa shape index (κ1) is 14.3. The van der Waals surface area contributed by atoms with Gasteiger partial charge in [0.2, 0.25) is 0 Å². The molecule has 98 valence electrons. The summed E-state index contributed by atoms with van der Waals surface area (Å²) in [5.41, 5.74) is 0.390. The van der Waals surface area contributed by atoms with Crippen LogP contribution in [0.25, 0.3) is 0 Å². The predicted molar refractivity (Wildman–Crippen MR) is 63.3 cm³/mol. The van der Waals surface area contributed by atoms with Crippen LogP contribution < -0.4 is 5.32 Å². The van der Waals surface area contributed by atoms with Crippen molar-refractivity contribution in [3.63, 3.8) is 0 Å². The first-order valence-electron chi connectivity index (χ1n) is 5.72. The quantitative estimate of drug-likeness (QED) is 0.614. The van der Waals surface area contributed by atoms with E-state index < -0.39 is 6.16 Å². The Morgan fingerprint density at radius 2 is 2.00 bits per heavy atom. The van der Waals surface area contributed by atoms with E-state index in [9.17, 15) is 9.59 Å². The van der Waals surface area contributed by atoms with Crippen LogP contribution in [0.2, 0.25) is 0 Å². The number of rotatable bonds is 3. The highest BCUT2D eigenvalue weighted by molar-refractivity contribution is 5.85. The van der Waals surface area contributed by atoms with Crippen LogP contribution in [-0.4, -0.2) is 38.2 Å². The molecule has 0 aromatic heterocycles. The monoisotopic (exact) mass is 263 g/mol. The summed E-state index contributed by atoms with van der Waals surface area (Å²) in [7, 11) is 0. The van der Waals surface area contributed by atoms with Gasteiger partial charge in [-0.25, -0.2) is 4.79 Å². The van der Waals surface area contributed by atoms with Gasteiger partial charge in [0.05, 0.1) is 0 Å². The lowest BCUT2D eigenvalue weighted by molar-refractivity contribution is -0.113. The van der Waals surface area contributed by atoms with Gasteiger partial charge in [-0.3, -0.25) is 4.79 Å². The molecule has 2 fully saturated rings. The SMILES string of the molecule is Cl.O=CCOC(=O)OC1CC2(CCNCC2)C1. The molecule has 1 heterocycles. The molecule has 2 aliphatic rings. The second-order valence-corrected chi connectivity index (χ2v) is 4.63. The van der Waals surface area contributed by atoms with Gasteiger partial charge in [0, 0.05) is 0 Å². The highest BCUT2D eigenvalue weighted by Crippen LogP contribution is 2.49. The summed E-state index contributed by atoms with van der Waals surface area (Å²) in [6.07, 6.45) is 4.00. The molecule has 1 spiro atoms. The topological polar surface area (TPSA) is 64.6 Å². The van der Waals surface area contributed by atoms with Crippen LogP contribution in [0.15, 0.2) is 0 Å². The van der Waals surface area contributed by atoms with Crippen LogP contribution in [0.4, 0.5) is 4.79 Å². The van der Waals surface area contributed by atoms with Gasteiger partial charge in [-0.05, 0) is 44.2 Å². The van der Waals surface area contributed by atoms with Crippen LogP contribution in [0, 0.1) is 5.41 Å². The minimum atomic E-state index is -0.721. The molecule has 0 aromatic rings. The number of hydrogen-bond acceptors (Lipinski definition) is 5. The van der Waals surface area contributed by atoms with Gasteiger partial charge in [0.1, 0.15) is 6.10 Å². The lowest BCUT2D eigenvalue weighted by atomic mass is 9.62. The fourth-order valence-corrected chi connectivity index (χ4v) is 2.63. The summed E-state index contributed by atoms with van der Waals surface area (Å²) < 4.78 is 9.61. The van der Waals surface area contributed by atoms with Gasteiger partial charge in [0.25, 0.3) is 0 Å². The number of nitrogens with one attached hydrogen (secondary N) is 1. The molecule has 0 atom stereocenters. The maximum Gasteiger partial charge on any atom is 0.508 e. The summed E-state index contributed by atoms with van der Waals surface area (Å²) in [5.74, 6) is 0. The third kappa shape index (κ3) is 3.57. The average Bonchev–Trinajstić information content (AvgIpc) is 2.26. The third-order valence-corrected chi connectivity index (χ3v) is 3.52. The average molecular weight is 264 g/mol. The van der Waals surface area contributed by atoms with Gasteiger partial charge in [-0.15, -0.1) is 12.4 Å². The fraction of sp³-hybridized carbons (Fsp3) is 0.818. The number of aldehydes is 1. The van der Waals surface area contributed by atoms with E-state index >= 15 is 0 Å². The third-order valence-electron chi connectivity index (χ3n) is 3.52. The molecule has 0 bridgehead atoms. The number of ether oxygens (including phenoxy) is 2. The lowest BCUT2D eigenvalue weighted by Crippen LogP contribution is -2.49. The van der Waals surface area contributed by atoms with Crippen molar-refractivity contribution in [1.29, 1.82) is 0 Å². The highest BCUT2D eigenvalue weighted by atomic mass is 35.5. The van der Waals surface area contributed by atoms with E-state index in [1.807, 2.05) is 0 Å². The van der Waals surface area contributed by atoms with E-state index in [2.05, 4.69) is 10.1 Å². The standard InChI is InChI=1S/C11H17NO4.ClH/c13-5-6-15-10(14)16-9-7-11(8-9)1-3-12-4-2-11;/h5,9,12H,1-4,6-8H2;1H. The van der Waals surface area contributed by atoms with E-state index in [0.717, 1.165) is 38.8 Å². The smallest absolute Gasteiger partial charge is 0.431 e. The first-order chi connectivity index (χ1) is 7.74. The minimum absolute atomic E-state index is 0. The molecule has 0 aromatic carbocycles. The number of hydrogen-bond donors (Lipinski definition) is 1. The van der Waals surface area contributed by atoms with Crippen LogP contribution in [0.5, 0.6) is 0 Å². The van der Waals surface area contributed by atoms with Crippen LogP contribution in [0.1, 0.15) is 25.7 Å². The van der Waals surface area contributed by atoms with Crippen LogP contribution in [-0.2, 0) is 14.3 Å². The number of carbonyl (C=O) groups is 2. The van der Waals surface area contributed by atoms with Crippen molar-refractivity contribution in [3.05, 3.63) is 0 Å². The van der Waals surface area contributed by atoms with Crippen molar-refractivity contribution in [1.82, 2.24) is 5.32 Å². The molecule has 5 nitrogen and oxygen atoms in total. The summed E-state index contributed by atoms with van der Waals surface area (Å²) in [5, 5.41) is 3.32.